The molecule has 1 aliphatic heterocycles. The van der Waals surface area contributed by atoms with E-state index >= 15 is 0 Å². The molecule has 1 rings (SSSR count). The zero-order valence-corrected chi connectivity index (χ0v) is 11.7. The molecule has 0 aliphatic carbocycles. The highest BCUT2D eigenvalue weighted by Gasteiger charge is 2.32. The largest absolute Gasteiger partial charge is 0.481 e. The standard InChI is InChI=1S/C11H15NO3S2/c1-11(2,3)6-7-9(15)12(10(16)17-7)5-4-8(13)14/h6H,4-5H2,1-3H3,(H,13,14)/b7-6-. The summed E-state index contributed by atoms with van der Waals surface area (Å²) in [5.41, 5.74) is -0.101. The van der Waals surface area contributed by atoms with Crippen molar-refractivity contribution < 1.29 is 14.7 Å². The number of carbonyl (C=O) groups excluding carboxylic acids is 1. The van der Waals surface area contributed by atoms with Crippen molar-refractivity contribution >= 4 is 40.2 Å². The van der Waals surface area contributed by atoms with Crippen molar-refractivity contribution in [1.29, 1.82) is 0 Å². The first-order valence-corrected chi connectivity index (χ1v) is 6.41. The van der Waals surface area contributed by atoms with Crippen LogP contribution in [0.3, 0.4) is 0 Å². The van der Waals surface area contributed by atoms with E-state index in [1.807, 2.05) is 26.8 Å². The van der Waals surface area contributed by atoms with Gasteiger partial charge in [-0.2, -0.15) is 0 Å². The van der Waals surface area contributed by atoms with Crippen molar-refractivity contribution in [1.82, 2.24) is 4.90 Å². The third kappa shape index (κ3) is 4.12. The molecule has 1 fully saturated rings. The molecule has 94 valence electrons. The van der Waals surface area contributed by atoms with Crippen LogP contribution in [0, 0.1) is 5.41 Å². The molecular formula is C11H15NO3S2. The molecule has 0 aromatic carbocycles. The Balaban J connectivity index is 2.79. The van der Waals surface area contributed by atoms with E-state index in [-0.39, 0.29) is 24.3 Å². The van der Waals surface area contributed by atoms with Crippen molar-refractivity contribution in [3.05, 3.63) is 11.0 Å². The van der Waals surface area contributed by atoms with Crippen LogP contribution in [0.1, 0.15) is 27.2 Å². The van der Waals surface area contributed by atoms with Crippen LogP contribution in [0.15, 0.2) is 11.0 Å². The van der Waals surface area contributed by atoms with Gasteiger partial charge in [0.25, 0.3) is 5.91 Å². The summed E-state index contributed by atoms with van der Waals surface area (Å²) in [4.78, 5) is 24.4. The first kappa shape index (κ1) is 14.2. The number of hydrogen-bond donors (Lipinski definition) is 1. The van der Waals surface area contributed by atoms with Gasteiger partial charge in [0.05, 0.1) is 11.3 Å². The minimum Gasteiger partial charge on any atom is -0.481 e. The number of rotatable bonds is 3. The van der Waals surface area contributed by atoms with Crippen LogP contribution >= 0.6 is 24.0 Å². The van der Waals surface area contributed by atoms with Crippen LogP contribution in [-0.4, -0.2) is 32.7 Å². The van der Waals surface area contributed by atoms with Crippen molar-refractivity contribution in [2.75, 3.05) is 6.54 Å². The third-order valence-electron chi connectivity index (χ3n) is 1.99. The van der Waals surface area contributed by atoms with E-state index in [1.165, 1.54) is 16.7 Å². The molecule has 0 spiro atoms. The second kappa shape index (κ2) is 5.18. The lowest BCUT2D eigenvalue weighted by Gasteiger charge is -2.14. The molecule has 1 heterocycles. The SMILES string of the molecule is CC(C)(C)/C=C1\SC(=S)N(CCC(=O)O)C1=O. The van der Waals surface area contributed by atoms with Gasteiger partial charge in [-0.3, -0.25) is 14.5 Å². The maximum absolute atomic E-state index is 12.0. The van der Waals surface area contributed by atoms with E-state index in [4.69, 9.17) is 17.3 Å². The molecule has 1 aliphatic rings. The van der Waals surface area contributed by atoms with Gasteiger partial charge in [0.1, 0.15) is 4.32 Å². The number of hydrogen-bond acceptors (Lipinski definition) is 4. The van der Waals surface area contributed by atoms with E-state index in [0.29, 0.717) is 9.23 Å². The number of thiocarbonyl (C=S) groups is 1. The van der Waals surface area contributed by atoms with Crippen molar-refractivity contribution in [3.63, 3.8) is 0 Å². The zero-order chi connectivity index (χ0) is 13.2. The second-order valence-corrected chi connectivity index (χ2v) is 6.52. The average molecular weight is 273 g/mol. The number of aliphatic carboxylic acids is 1. The van der Waals surface area contributed by atoms with E-state index in [2.05, 4.69) is 0 Å². The molecule has 0 aromatic heterocycles. The molecule has 1 N–H and O–H groups in total. The number of nitrogens with zero attached hydrogens (tertiary/aromatic N) is 1. The molecule has 4 nitrogen and oxygen atoms in total. The summed E-state index contributed by atoms with van der Waals surface area (Å²) in [6.45, 7) is 6.13. The number of carboxylic acids is 1. The highest BCUT2D eigenvalue weighted by molar-refractivity contribution is 8.26. The summed E-state index contributed by atoms with van der Waals surface area (Å²) in [5.74, 6) is -1.12. The third-order valence-corrected chi connectivity index (χ3v) is 3.36. The lowest BCUT2D eigenvalue weighted by molar-refractivity contribution is -0.137. The molecular weight excluding hydrogens is 258 g/mol. The van der Waals surface area contributed by atoms with Crippen molar-refractivity contribution in [2.45, 2.75) is 27.2 Å². The normalized spacial score (nSPS) is 19.2. The molecule has 0 aromatic rings. The van der Waals surface area contributed by atoms with Gasteiger partial charge < -0.3 is 5.11 Å². The van der Waals surface area contributed by atoms with Gasteiger partial charge in [0.2, 0.25) is 0 Å². The maximum Gasteiger partial charge on any atom is 0.305 e. The van der Waals surface area contributed by atoms with E-state index in [0.717, 1.165) is 0 Å². The van der Waals surface area contributed by atoms with Crippen LogP contribution in [0.25, 0.3) is 0 Å². The van der Waals surface area contributed by atoms with Gasteiger partial charge >= 0.3 is 5.97 Å². The summed E-state index contributed by atoms with van der Waals surface area (Å²) in [5, 5.41) is 8.60. The Bertz CT molecular complexity index is 396. The summed E-state index contributed by atoms with van der Waals surface area (Å²) < 4.78 is 0.437. The molecule has 1 saturated heterocycles. The van der Waals surface area contributed by atoms with Crippen LogP contribution in [0.5, 0.6) is 0 Å². The maximum atomic E-state index is 12.0. The van der Waals surface area contributed by atoms with Gasteiger partial charge in [0.15, 0.2) is 0 Å². The first-order chi connectivity index (χ1) is 7.70. The molecule has 1 amide bonds. The Morgan fingerprint density at radius 3 is 2.59 bits per heavy atom. The smallest absolute Gasteiger partial charge is 0.305 e. The fourth-order valence-corrected chi connectivity index (χ4v) is 2.82. The summed E-state index contributed by atoms with van der Waals surface area (Å²) in [6, 6.07) is 0. The minimum atomic E-state index is -0.932. The highest BCUT2D eigenvalue weighted by atomic mass is 32.2. The topological polar surface area (TPSA) is 57.6 Å². The number of allylic oxidation sites excluding steroid dienone is 1. The van der Waals surface area contributed by atoms with Crippen LogP contribution in [0.4, 0.5) is 0 Å². The first-order valence-electron chi connectivity index (χ1n) is 5.19. The molecule has 6 heteroatoms. The summed E-state index contributed by atoms with van der Waals surface area (Å²) >= 11 is 6.31. The van der Waals surface area contributed by atoms with Crippen molar-refractivity contribution in [2.24, 2.45) is 5.41 Å². The number of amides is 1. The zero-order valence-electron chi connectivity index (χ0n) is 10.0. The lowest BCUT2D eigenvalue weighted by Crippen LogP contribution is -2.30. The Morgan fingerprint density at radius 2 is 2.12 bits per heavy atom. The monoisotopic (exact) mass is 273 g/mol. The average Bonchev–Trinajstić information content (AvgIpc) is 2.37. The minimum absolute atomic E-state index is 0.0881. The quantitative estimate of drug-likeness (QED) is 0.631. The van der Waals surface area contributed by atoms with Crippen LogP contribution in [-0.2, 0) is 9.59 Å². The Kier molecular flexibility index (Phi) is 4.32. The fraction of sp³-hybridized carbons (Fsp3) is 0.545. The van der Waals surface area contributed by atoms with Crippen molar-refractivity contribution in [3.8, 4) is 0 Å². The van der Waals surface area contributed by atoms with Crippen LogP contribution in [0.2, 0.25) is 0 Å². The highest BCUT2D eigenvalue weighted by Crippen LogP contribution is 2.34. The van der Waals surface area contributed by atoms with Gasteiger partial charge in [-0.1, -0.05) is 50.8 Å². The predicted molar refractivity (Wildman–Crippen MR) is 71.7 cm³/mol. The van der Waals surface area contributed by atoms with Gasteiger partial charge in [-0.05, 0) is 5.41 Å². The van der Waals surface area contributed by atoms with Gasteiger partial charge in [0, 0.05) is 6.54 Å². The fourth-order valence-electron chi connectivity index (χ4n) is 1.29. The molecule has 0 radical (unpaired) electrons. The Hall–Kier alpha value is -0.880. The molecule has 17 heavy (non-hydrogen) atoms. The van der Waals surface area contributed by atoms with E-state index in [9.17, 15) is 9.59 Å². The molecule has 0 unspecified atom stereocenters. The predicted octanol–water partition coefficient (Wildman–Crippen LogP) is 2.25. The number of carbonyl (C=O) groups is 2. The summed E-state index contributed by atoms with van der Waals surface area (Å²) in [6.07, 6.45) is 1.78. The molecule has 0 atom stereocenters. The number of thioether (sulfide) groups is 1. The van der Waals surface area contributed by atoms with E-state index < -0.39 is 5.97 Å². The van der Waals surface area contributed by atoms with Crippen LogP contribution < -0.4 is 0 Å². The summed E-state index contributed by atoms with van der Waals surface area (Å²) in [7, 11) is 0. The number of carboxylic acid groups (broad SMARTS) is 1. The van der Waals surface area contributed by atoms with E-state index in [1.54, 1.807) is 0 Å². The van der Waals surface area contributed by atoms with Gasteiger partial charge in [-0.25, -0.2) is 0 Å². The Morgan fingerprint density at radius 1 is 1.53 bits per heavy atom. The Labute approximate surface area is 110 Å². The molecule has 0 bridgehead atoms. The lowest BCUT2D eigenvalue weighted by atomic mass is 9.96. The van der Waals surface area contributed by atoms with Gasteiger partial charge in [-0.15, -0.1) is 0 Å². The molecule has 0 saturated carbocycles. The second-order valence-electron chi connectivity index (χ2n) is 4.84.